The fourth-order valence-corrected chi connectivity index (χ4v) is 6.06. The highest BCUT2D eigenvalue weighted by Crippen LogP contribution is 2.59. The van der Waals surface area contributed by atoms with Gasteiger partial charge in [-0.15, -0.1) is 0 Å². The molecule has 8 nitrogen and oxygen atoms in total. The first-order valence-corrected chi connectivity index (χ1v) is 11.0. The third-order valence-corrected chi connectivity index (χ3v) is 7.86. The Labute approximate surface area is 180 Å². The number of piperidine rings is 1. The average molecular weight is 419 g/mol. The largest absolute Gasteiger partial charge is 0.392 e. The number of hydrogen-bond donors (Lipinski definition) is 1. The number of nitrogens with zero attached hydrogens (tertiary/aromatic N) is 6. The van der Waals surface area contributed by atoms with Gasteiger partial charge in [0.05, 0.1) is 30.4 Å². The van der Waals surface area contributed by atoms with Crippen molar-refractivity contribution in [1.29, 1.82) is 0 Å². The highest BCUT2D eigenvalue weighted by molar-refractivity contribution is 5.80. The van der Waals surface area contributed by atoms with Gasteiger partial charge in [0.15, 0.2) is 0 Å². The van der Waals surface area contributed by atoms with Crippen molar-refractivity contribution in [3.05, 3.63) is 55.0 Å². The van der Waals surface area contributed by atoms with Crippen LogP contribution in [0.15, 0.2) is 49.4 Å². The molecule has 1 saturated carbocycles. The molecule has 2 aliphatic heterocycles. The molecule has 4 atom stereocenters. The van der Waals surface area contributed by atoms with Crippen LogP contribution in [0.5, 0.6) is 0 Å². The van der Waals surface area contributed by atoms with Gasteiger partial charge in [-0.2, -0.15) is 5.10 Å². The van der Waals surface area contributed by atoms with E-state index in [1.54, 1.807) is 11.0 Å². The van der Waals surface area contributed by atoms with Gasteiger partial charge in [-0.05, 0) is 31.7 Å². The molecule has 31 heavy (non-hydrogen) atoms. The maximum Gasteiger partial charge on any atom is 0.247 e. The number of carbonyl (C=O) groups is 1. The molecule has 1 spiro atoms. The summed E-state index contributed by atoms with van der Waals surface area (Å²) in [7, 11) is 0. The van der Waals surface area contributed by atoms with Crippen molar-refractivity contribution in [2.45, 2.75) is 44.4 Å². The quantitative estimate of drug-likeness (QED) is 0.705. The second-order valence-corrected chi connectivity index (χ2v) is 9.27. The van der Waals surface area contributed by atoms with Crippen LogP contribution < -0.4 is 0 Å². The van der Waals surface area contributed by atoms with Gasteiger partial charge >= 0.3 is 0 Å². The van der Waals surface area contributed by atoms with Gasteiger partial charge in [-0.25, -0.2) is 14.6 Å². The number of hydrogen-bond acceptors (Lipinski definition) is 5. The lowest BCUT2D eigenvalue weighted by atomic mass is 9.53. The summed E-state index contributed by atoms with van der Waals surface area (Å²) in [6.07, 6.45) is 9.13. The Kier molecular flexibility index (Phi) is 4.08. The Hall–Kier alpha value is -3.00. The van der Waals surface area contributed by atoms with Crippen LogP contribution in [-0.4, -0.2) is 59.4 Å². The molecule has 8 heteroatoms. The minimum Gasteiger partial charge on any atom is -0.392 e. The molecule has 2 unspecified atom stereocenters. The van der Waals surface area contributed by atoms with E-state index in [0.717, 1.165) is 25.0 Å². The summed E-state index contributed by atoms with van der Waals surface area (Å²) in [5.41, 5.74) is 3.56. The SMILES string of the molecule is CC(C(=O)N1CCC2(CC1)C[C@@H](C1c3ccccc3-c3cncn31)[C@H]2O)n1cncn1. The molecule has 1 N–H and O–H groups in total. The molecule has 1 aliphatic carbocycles. The van der Waals surface area contributed by atoms with Crippen molar-refractivity contribution in [2.75, 3.05) is 13.1 Å². The van der Waals surface area contributed by atoms with E-state index in [1.165, 1.54) is 17.5 Å². The van der Waals surface area contributed by atoms with Gasteiger partial charge < -0.3 is 14.6 Å². The molecule has 4 heterocycles. The Morgan fingerprint density at radius 3 is 2.74 bits per heavy atom. The van der Waals surface area contributed by atoms with Gasteiger partial charge in [0.25, 0.3) is 0 Å². The van der Waals surface area contributed by atoms with Gasteiger partial charge in [0.2, 0.25) is 5.91 Å². The molecule has 2 aromatic heterocycles. The van der Waals surface area contributed by atoms with Crippen molar-refractivity contribution in [1.82, 2.24) is 29.2 Å². The summed E-state index contributed by atoms with van der Waals surface area (Å²) < 4.78 is 3.82. The van der Waals surface area contributed by atoms with Crippen molar-refractivity contribution in [2.24, 2.45) is 11.3 Å². The highest BCUT2D eigenvalue weighted by atomic mass is 16.3. The number of aromatic nitrogens is 5. The number of aliphatic hydroxyl groups is 1. The number of rotatable bonds is 3. The van der Waals surface area contributed by atoms with E-state index in [9.17, 15) is 9.90 Å². The third-order valence-electron chi connectivity index (χ3n) is 7.86. The lowest BCUT2D eigenvalue weighted by Crippen LogP contribution is -2.60. The number of fused-ring (bicyclic) bond motifs is 3. The van der Waals surface area contributed by atoms with E-state index in [4.69, 9.17) is 0 Å². The lowest BCUT2D eigenvalue weighted by Gasteiger charge is -2.58. The fraction of sp³-hybridized carbons (Fsp3) is 0.478. The molecule has 3 aromatic rings. The monoisotopic (exact) mass is 418 g/mol. The van der Waals surface area contributed by atoms with E-state index in [-0.39, 0.29) is 35.4 Å². The molecular formula is C23H26N6O2. The number of aliphatic hydroxyl groups excluding tert-OH is 1. The Balaban J connectivity index is 1.16. The maximum absolute atomic E-state index is 12.9. The van der Waals surface area contributed by atoms with Crippen LogP contribution in [-0.2, 0) is 4.79 Å². The number of benzene rings is 1. The highest BCUT2D eigenvalue weighted by Gasteiger charge is 2.58. The second-order valence-electron chi connectivity index (χ2n) is 9.27. The normalized spacial score (nSPS) is 26.9. The molecule has 6 rings (SSSR count). The Morgan fingerprint density at radius 1 is 1.19 bits per heavy atom. The first-order chi connectivity index (χ1) is 15.1. The van der Waals surface area contributed by atoms with Crippen LogP contribution in [0.1, 0.15) is 43.8 Å². The van der Waals surface area contributed by atoms with E-state index in [2.05, 4.69) is 43.9 Å². The van der Waals surface area contributed by atoms with Crippen LogP contribution in [0.3, 0.4) is 0 Å². The molecule has 0 radical (unpaired) electrons. The molecular weight excluding hydrogens is 392 g/mol. The zero-order valence-electron chi connectivity index (χ0n) is 17.5. The molecule has 1 amide bonds. The molecule has 1 saturated heterocycles. The van der Waals surface area contributed by atoms with Gasteiger partial charge in [0.1, 0.15) is 18.7 Å². The topological polar surface area (TPSA) is 89.1 Å². The van der Waals surface area contributed by atoms with E-state index >= 15 is 0 Å². The molecule has 3 aliphatic rings. The minimum atomic E-state index is -0.371. The van der Waals surface area contributed by atoms with Crippen molar-refractivity contribution in [3.63, 3.8) is 0 Å². The van der Waals surface area contributed by atoms with E-state index in [0.29, 0.717) is 13.1 Å². The molecule has 1 aromatic carbocycles. The van der Waals surface area contributed by atoms with E-state index < -0.39 is 0 Å². The van der Waals surface area contributed by atoms with Crippen LogP contribution in [0.4, 0.5) is 0 Å². The van der Waals surface area contributed by atoms with Gasteiger partial charge in [-0.3, -0.25) is 4.79 Å². The summed E-state index contributed by atoms with van der Waals surface area (Å²) in [6.45, 7) is 3.22. The zero-order valence-corrected chi connectivity index (χ0v) is 17.5. The van der Waals surface area contributed by atoms with Crippen molar-refractivity contribution < 1.29 is 9.90 Å². The second kappa shape index (κ2) is 6.75. The predicted molar refractivity (Wildman–Crippen MR) is 113 cm³/mol. The smallest absolute Gasteiger partial charge is 0.247 e. The van der Waals surface area contributed by atoms with Crippen LogP contribution in [0.2, 0.25) is 0 Å². The van der Waals surface area contributed by atoms with Crippen LogP contribution in [0, 0.1) is 11.3 Å². The third kappa shape index (κ3) is 2.64. The lowest BCUT2D eigenvalue weighted by molar-refractivity contribution is -0.165. The number of carbonyl (C=O) groups excluding carboxylic acids is 1. The first-order valence-electron chi connectivity index (χ1n) is 11.0. The number of imidazole rings is 1. The summed E-state index contributed by atoms with van der Waals surface area (Å²) in [4.78, 5) is 23.1. The van der Waals surface area contributed by atoms with Crippen molar-refractivity contribution >= 4 is 5.91 Å². The standard InChI is InChI=1S/C23H26N6O2/c1-15(29-14-25-12-26-29)22(31)27-8-6-23(7-9-27)10-18(21(23)30)20-17-5-3-2-4-16(17)19-11-24-13-28(19)20/h2-5,11-15,18,20-21,30H,6-10H2,1H3/t15?,18-,20?,21+/m0/s1. The fourth-order valence-electron chi connectivity index (χ4n) is 6.06. The average Bonchev–Trinajstić information content (AvgIpc) is 3.55. The molecule has 2 fully saturated rings. The molecule has 0 bridgehead atoms. The Bertz CT molecular complexity index is 1110. The summed E-state index contributed by atoms with van der Waals surface area (Å²) in [5, 5.41) is 15.5. The molecule has 160 valence electrons. The van der Waals surface area contributed by atoms with Crippen LogP contribution >= 0.6 is 0 Å². The maximum atomic E-state index is 12.9. The van der Waals surface area contributed by atoms with Gasteiger partial charge in [-0.1, -0.05) is 24.3 Å². The van der Waals surface area contributed by atoms with Crippen molar-refractivity contribution in [3.8, 4) is 11.3 Å². The van der Waals surface area contributed by atoms with E-state index in [1.807, 2.05) is 24.3 Å². The minimum absolute atomic E-state index is 0.0680. The Morgan fingerprint density at radius 2 is 2.00 bits per heavy atom. The zero-order chi connectivity index (χ0) is 21.2. The number of amides is 1. The number of likely N-dealkylation sites (tertiary alicyclic amines) is 1. The first kappa shape index (κ1) is 18.7. The predicted octanol–water partition coefficient (Wildman–Crippen LogP) is 2.30. The summed E-state index contributed by atoms with van der Waals surface area (Å²) >= 11 is 0. The van der Waals surface area contributed by atoms with Gasteiger partial charge in [0, 0.05) is 30.0 Å². The summed E-state index contributed by atoms with van der Waals surface area (Å²) in [5.74, 6) is 0.242. The summed E-state index contributed by atoms with van der Waals surface area (Å²) in [6, 6.07) is 8.24. The van der Waals surface area contributed by atoms with Crippen LogP contribution in [0.25, 0.3) is 11.3 Å².